The molecule has 0 aromatic carbocycles. The molecular weight excluding hydrogens is 224 g/mol. The van der Waals surface area contributed by atoms with Gasteiger partial charge in [0.2, 0.25) is 0 Å². The minimum absolute atomic E-state index is 0. The molecule has 0 heterocycles. The first-order valence-corrected chi connectivity index (χ1v) is 4.57. The fourth-order valence-corrected chi connectivity index (χ4v) is 1.12. The quantitative estimate of drug-likeness (QED) is 0.757. The van der Waals surface area contributed by atoms with E-state index in [9.17, 15) is 0 Å². The molecule has 0 bridgehead atoms. The molecule has 0 atom stereocenters. The second kappa shape index (κ2) is 10.8. The fourth-order valence-electron chi connectivity index (χ4n) is 1.12. The molecule has 0 saturated carbocycles. The van der Waals surface area contributed by atoms with E-state index in [1.54, 1.807) is 0 Å². The summed E-state index contributed by atoms with van der Waals surface area (Å²) in [4.78, 5) is 2.31. The number of hydrogen-bond acceptors (Lipinski definition) is 2. The molecule has 0 spiro atoms. The van der Waals surface area contributed by atoms with Crippen molar-refractivity contribution in [2.45, 2.75) is 39.7 Å². The van der Waals surface area contributed by atoms with E-state index < -0.39 is 0 Å². The SMILES string of the molecule is CCCCN(CCO)C(C)C.[Rb]. The Bertz CT molecular complexity index is 88.6. The molecule has 2 nitrogen and oxygen atoms in total. The number of nitrogens with zero attached hydrogens (tertiary/aromatic N) is 1. The summed E-state index contributed by atoms with van der Waals surface area (Å²) in [6.45, 7) is 8.75. The summed E-state index contributed by atoms with van der Waals surface area (Å²) < 4.78 is 0. The monoisotopic (exact) mass is 244 g/mol. The van der Waals surface area contributed by atoms with Gasteiger partial charge in [-0.15, -0.1) is 0 Å². The molecule has 0 aliphatic rings. The van der Waals surface area contributed by atoms with Gasteiger partial charge in [0.15, 0.2) is 0 Å². The molecule has 0 saturated heterocycles. The molecular formula is C9H21NORb. The zero-order valence-corrected chi connectivity index (χ0v) is 13.9. The van der Waals surface area contributed by atoms with Crippen LogP contribution in [-0.2, 0) is 0 Å². The van der Waals surface area contributed by atoms with Gasteiger partial charge in [0.1, 0.15) is 0 Å². The average molecular weight is 245 g/mol. The molecule has 0 aliphatic heterocycles. The maximum atomic E-state index is 8.74. The smallest absolute Gasteiger partial charge is 0.0558 e. The van der Waals surface area contributed by atoms with Crippen LogP contribution in [0.15, 0.2) is 0 Å². The number of rotatable bonds is 6. The van der Waals surface area contributed by atoms with E-state index in [4.69, 9.17) is 5.11 Å². The van der Waals surface area contributed by atoms with Gasteiger partial charge in [-0.3, -0.25) is 4.90 Å². The molecule has 1 radical (unpaired) electrons. The molecule has 0 unspecified atom stereocenters. The Morgan fingerprint density at radius 2 is 1.83 bits per heavy atom. The number of aliphatic hydroxyl groups is 1. The third-order valence-corrected chi connectivity index (χ3v) is 1.92. The normalized spacial score (nSPS) is 10.5. The Kier molecular flexibility index (Phi) is 14.6. The van der Waals surface area contributed by atoms with Gasteiger partial charge < -0.3 is 5.11 Å². The van der Waals surface area contributed by atoms with Gasteiger partial charge in [-0.2, -0.15) is 0 Å². The predicted octanol–water partition coefficient (Wildman–Crippen LogP) is 1.11. The van der Waals surface area contributed by atoms with Crippen molar-refractivity contribution in [1.29, 1.82) is 0 Å². The van der Waals surface area contributed by atoms with E-state index in [-0.39, 0.29) is 64.8 Å². The van der Waals surface area contributed by atoms with Crippen LogP contribution in [0.25, 0.3) is 0 Å². The van der Waals surface area contributed by atoms with Crippen molar-refractivity contribution in [1.82, 2.24) is 4.90 Å². The second-order valence-electron chi connectivity index (χ2n) is 3.21. The zero-order valence-electron chi connectivity index (χ0n) is 9.01. The van der Waals surface area contributed by atoms with Crippen molar-refractivity contribution < 1.29 is 5.11 Å². The predicted molar refractivity (Wildman–Crippen MR) is 54.5 cm³/mol. The zero-order chi connectivity index (χ0) is 8.69. The van der Waals surface area contributed by atoms with Crippen molar-refractivity contribution in [2.75, 3.05) is 19.7 Å². The van der Waals surface area contributed by atoms with Crippen molar-refractivity contribution in [2.24, 2.45) is 0 Å². The largest absolute Gasteiger partial charge is 0.395 e. The summed E-state index contributed by atoms with van der Waals surface area (Å²) in [7, 11) is 0. The van der Waals surface area contributed by atoms with E-state index >= 15 is 0 Å². The summed E-state index contributed by atoms with van der Waals surface area (Å²) >= 11 is 0. The summed E-state index contributed by atoms with van der Waals surface area (Å²) in [5.74, 6) is 0. The molecule has 12 heavy (non-hydrogen) atoms. The topological polar surface area (TPSA) is 23.5 Å². The average Bonchev–Trinajstić information content (AvgIpc) is 1.97. The summed E-state index contributed by atoms with van der Waals surface area (Å²) in [6.07, 6.45) is 2.47. The molecule has 0 aromatic rings. The molecule has 0 aliphatic carbocycles. The van der Waals surface area contributed by atoms with E-state index in [0.717, 1.165) is 13.1 Å². The molecule has 0 rings (SSSR count). The van der Waals surface area contributed by atoms with Crippen LogP contribution in [0.3, 0.4) is 0 Å². The van der Waals surface area contributed by atoms with Gasteiger partial charge in [0, 0.05) is 70.8 Å². The maximum absolute atomic E-state index is 8.74. The summed E-state index contributed by atoms with van der Waals surface area (Å²) in [5.41, 5.74) is 0. The molecule has 0 aromatic heterocycles. The third-order valence-electron chi connectivity index (χ3n) is 1.92. The molecule has 0 fully saturated rings. The Hall–Kier alpha value is 1.73. The molecule has 69 valence electrons. The third kappa shape index (κ3) is 8.33. The van der Waals surface area contributed by atoms with Crippen LogP contribution < -0.4 is 0 Å². The first-order chi connectivity index (χ1) is 5.22. The molecule has 0 amide bonds. The second-order valence-corrected chi connectivity index (χ2v) is 3.21. The van der Waals surface area contributed by atoms with Crippen LogP contribution in [0, 0.1) is 0 Å². The van der Waals surface area contributed by atoms with Crippen molar-refractivity contribution in [3.05, 3.63) is 0 Å². The minimum Gasteiger partial charge on any atom is -0.395 e. The van der Waals surface area contributed by atoms with Crippen molar-refractivity contribution in [3.63, 3.8) is 0 Å². The Balaban J connectivity index is 0. The first-order valence-electron chi connectivity index (χ1n) is 4.57. The van der Waals surface area contributed by atoms with E-state index in [1.165, 1.54) is 12.8 Å². The number of unbranched alkanes of at least 4 members (excludes halogenated alkanes) is 1. The van der Waals surface area contributed by atoms with Crippen molar-refractivity contribution >= 4 is 58.2 Å². The molecule has 1 N–H and O–H groups in total. The van der Waals surface area contributed by atoms with Gasteiger partial charge in [0.05, 0.1) is 6.61 Å². The van der Waals surface area contributed by atoms with Gasteiger partial charge >= 0.3 is 0 Å². The van der Waals surface area contributed by atoms with E-state index in [1.807, 2.05) is 0 Å². The minimum atomic E-state index is 0. The van der Waals surface area contributed by atoms with Gasteiger partial charge in [-0.05, 0) is 26.8 Å². The molecule has 3 heteroatoms. The van der Waals surface area contributed by atoms with E-state index in [0.29, 0.717) is 6.04 Å². The van der Waals surface area contributed by atoms with Crippen molar-refractivity contribution in [3.8, 4) is 0 Å². The Morgan fingerprint density at radius 3 is 2.17 bits per heavy atom. The van der Waals surface area contributed by atoms with Crippen LogP contribution in [0.4, 0.5) is 0 Å². The first kappa shape index (κ1) is 16.2. The van der Waals surface area contributed by atoms with Gasteiger partial charge in [-0.25, -0.2) is 0 Å². The maximum Gasteiger partial charge on any atom is 0.0558 e. The standard InChI is InChI=1S/C9H21NO.Rb/c1-4-5-6-10(7-8-11)9(2)3;/h9,11H,4-8H2,1-3H3;. The summed E-state index contributed by atoms with van der Waals surface area (Å²) in [5, 5.41) is 8.74. The van der Waals surface area contributed by atoms with Crippen LogP contribution >= 0.6 is 0 Å². The Labute approximate surface area is 126 Å². The van der Waals surface area contributed by atoms with E-state index in [2.05, 4.69) is 25.7 Å². The van der Waals surface area contributed by atoms with Crippen LogP contribution in [0.1, 0.15) is 33.6 Å². The number of hydrogen-bond donors (Lipinski definition) is 1. The fraction of sp³-hybridized carbons (Fsp3) is 1.00. The summed E-state index contributed by atoms with van der Waals surface area (Å²) in [6, 6.07) is 0.564. The van der Waals surface area contributed by atoms with Crippen LogP contribution in [0.5, 0.6) is 0 Å². The number of aliphatic hydroxyl groups excluding tert-OH is 1. The Morgan fingerprint density at radius 1 is 1.25 bits per heavy atom. The van der Waals surface area contributed by atoms with Gasteiger partial charge in [-0.1, -0.05) is 13.3 Å². The van der Waals surface area contributed by atoms with Crippen LogP contribution in [-0.4, -0.2) is 93.9 Å². The van der Waals surface area contributed by atoms with Gasteiger partial charge in [0.25, 0.3) is 0 Å². The van der Waals surface area contributed by atoms with Crippen LogP contribution in [0.2, 0.25) is 0 Å².